The third-order valence-corrected chi connectivity index (χ3v) is 19.7. The number of alkyl carbamates (subject to hydrolysis) is 1. The Morgan fingerprint density at radius 1 is 0.509 bits per heavy atom. The van der Waals surface area contributed by atoms with Crippen molar-refractivity contribution in [2.24, 2.45) is 0 Å². The fourth-order valence-electron chi connectivity index (χ4n) is 12.6. The summed E-state index contributed by atoms with van der Waals surface area (Å²) in [5, 5.41) is 44.6. The van der Waals surface area contributed by atoms with Gasteiger partial charge in [-0.15, -0.1) is 11.8 Å². The number of aromatic hydroxyl groups is 1. The molecule has 1 aromatic heterocycles. The van der Waals surface area contributed by atoms with E-state index in [-0.39, 0.29) is 82.9 Å². The molecule has 26 heteroatoms. The number of thioether (sulfide) groups is 1. The molecule has 1 fully saturated rings. The van der Waals surface area contributed by atoms with Crippen LogP contribution in [0.25, 0.3) is 10.9 Å². The molecule has 0 spiro atoms. The van der Waals surface area contributed by atoms with E-state index in [0.29, 0.717) is 81.1 Å². The Morgan fingerprint density at radius 2 is 0.981 bits per heavy atom. The van der Waals surface area contributed by atoms with Crippen molar-refractivity contribution >= 4 is 76.0 Å². The SMILES string of the molecule is C[C@@H](O)[C@@H]1NC(=O)[C@H](CCCCNC(=O)OC(C)(C)C)NC(=O)[C@@H](Cc2c[nH]c3ccccc23)NC(=O)[C@H](Cc2ccc(O)cc2)NC(=O)[C@H](CCC(=O)NCCCOCCOCCOCCCNC(=O)CCSC(c2ccccc2)(c2ccccc2)c2ccccc2)N(C)C(=O)[C@H](Cc2ccccc2)NC1=O. The van der Waals surface area contributed by atoms with Gasteiger partial charge in [-0.05, 0) is 118 Å². The van der Waals surface area contributed by atoms with Gasteiger partial charge in [0.2, 0.25) is 47.3 Å². The minimum absolute atomic E-state index is 0.0289. The smallest absolute Gasteiger partial charge is 0.407 e. The highest BCUT2D eigenvalue weighted by Gasteiger charge is 2.40. The minimum atomic E-state index is -1.71. The van der Waals surface area contributed by atoms with E-state index in [4.69, 9.17) is 18.9 Å². The summed E-state index contributed by atoms with van der Waals surface area (Å²) in [6.07, 6.45) is 0.278. The number of phenolic OH excluding ortho intramolecular Hbond substituents is 1. The lowest BCUT2D eigenvalue weighted by molar-refractivity contribution is -0.144. The van der Waals surface area contributed by atoms with Gasteiger partial charge < -0.3 is 81.6 Å². The number of unbranched alkanes of at least 4 members (excludes halogenated alkanes) is 1. The van der Waals surface area contributed by atoms with E-state index in [0.717, 1.165) is 32.5 Å². The summed E-state index contributed by atoms with van der Waals surface area (Å²) in [5.74, 6) is -5.16. The molecule has 578 valence electrons. The van der Waals surface area contributed by atoms with Crippen LogP contribution in [-0.4, -0.2) is 193 Å². The van der Waals surface area contributed by atoms with Crippen LogP contribution in [0.15, 0.2) is 176 Å². The van der Waals surface area contributed by atoms with E-state index < -0.39 is 100 Å². The summed E-state index contributed by atoms with van der Waals surface area (Å²) in [7, 11) is 1.33. The summed E-state index contributed by atoms with van der Waals surface area (Å²) < 4.78 is 22.1. The number of hydrogen-bond donors (Lipinski definition) is 11. The molecular weight excluding hydrogens is 1400 g/mol. The first-order valence-corrected chi connectivity index (χ1v) is 37.9. The number of phenols is 1. The molecule has 0 aliphatic carbocycles. The molecule has 6 aromatic carbocycles. The monoisotopic (exact) mass is 1500 g/mol. The average Bonchev–Trinajstić information content (AvgIpc) is 0.939. The number of carbonyl (C=O) groups excluding carboxylic acids is 9. The van der Waals surface area contributed by atoms with Crippen molar-refractivity contribution in [1.29, 1.82) is 0 Å². The van der Waals surface area contributed by atoms with E-state index in [1.54, 1.807) is 81.2 Å². The second-order valence-corrected chi connectivity index (χ2v) is 29.0. The van der Waals surface area contributed by atoms with Gasteiger partial charge >= 0.3 is 6.09 Å². The zero-order valence-corrected chi connectivity index (χ0v) is 63.0. The summed E-state index contributed by atoms with van der Waals surface area (Å²) in [6.45, 7) is 9.22. The number of fused-ring (bicyclic) bond motifs is 1. The van der Waals surface area contributed by atoms with Crippen molar-refractivity contribution in [3.8, 4) is 5.75 Å². The summed E-state index contributed by atoms with van der Waals surface area (Å²) in [6, 6.07) is 44.1. The van der Waals surface area contributed by atoms with E-state index in [2.05, 4.69) is 83.9 Å². The van der Waals surface area contributed by atoms with Gasteiger partial charge in [-0.25, -0.2) is 4.79 Å². The molecule has 7 aromatic rings. The van der Waals surface area contributed by atoms with Crippen molar-refractivity contribution in [3.63, 3.8) is 0 Å². The topological polar surface area (TPSA) is 346 Å². The number of aromatic amines is 1. The molecule has 1 saturated heterocycles. The van der Waals surface area contributed by atoms with Crippen molar-refractivity contribution < 1.29 is 72.3 Å². The lowest BCUT2D eigenvalue weighted by atomic mass is 9.84. The number of hydrogen-bond acceptors (Lipinski definition) is 16. The summed E-state index contributed by atoms with van der Waals surface area (Å²) in [5.41, 5.74) is 5.07. The lowest BCUT2D eigenvalue weighted by Crippen LogP contribution is -2.63. The zero-order chi connectivity index (χ0) is 77.3. The number of aromatic nitrogens is 1. The molecule has 11 N–H and O–H groups in total. The van der Waals surface area contributed by atoms with Gasteiger partial charge in [0.05, 0.1) is 37.3 Å². The van der Waals surface area contributed by atoms with Crippen LogP contribution in [0.3, 0.4) is 0 Å². The van der Waals surface area contributed by atoms with Crippen molar-refractivity contribution in [3.05, 3.63) is 209 Å². The van der Waals surface area contributed by atoms with Gasteiger partial charge in [-0.3, -0.25) is 38.4 Å². The Labute approximate surface area is 635 Å². The second-order valence-electron chi connectivity index (χ2n) is 27.6. The number of H-pyrrole nitrogens is 1. The normalized spacial score (nSPS) is 18.1. The number of aliphatic hydroxyl groups is 1. The largest absolute Gasteiger partial charge is 0.508 e. The van der Waals surface area contributed by atoms with Gasteiger partial charge in [-0.1, -0.05) is 152 Å². The Hall–Kier alpha value is -10.1. The molecule has 0 bridgehead atoms. The first-order chi connectivity index (χ1) is 52.1. The van der Waals surface area contributed by atoms with Crippen molar-refractivity contribution in [2.45, 2.75) is 151 Å². The maximum absolute atomic E-state index is 15.2. The molecule has 25 nitrogen and oxygen atoms in total. The highest BCUT2D eigenvalue weighted by molar-refractivity contribution is 8.00. The molecule has 8 rings (SSSR count). The van der Waals surface area contributed by atoms with Crippen LogP contribution >= 0.6 is 11.8 Å². The maximum atomic E-state index is 15.2. The Kier molecular flexibility index (Phi) is 33.3. The fraction of sp³-hybridized carbons (Fsp3) is 0.427. The van der Waals surface area contributed by atoms with Crippen LogP contribution in [0, 0.1) is 0 Å². The fourth-order valence-corrected chi connectivity index (χ4v) is 14.1. The summed E-state index contributed by atoms with van der Waals surface area (Å²) in [4.78, 5) is 133. The number of nitrogens with zero attached hydrogens (tertiary/aromatic N) is 1. The molecular formula is C82H104N10O15S. The van der Waals surface area contributed by atoms with Crippen LogP contribution in [0.5, 0.6) is 5.75 Å². The minimum Gasteiger partial charge on any atom is -0.508 e. The quantitative estimate of drug-likeness (QED) is 0.0137. The van der Waals surface area contributed by atoms with Crippen LogP contribution in [0.2, 0.25) is 0 Å². The number of likely N-dealkylation sites (N-methyl/N-ethyl adjacent to an activating group) is 1. The van der Waals surface area contributed by atoms with E-state index in [1.807, 2.05) is 78.9 Å². The molecule has 2 heterocycles. The van der Waals surface area contributed by atoms with Crippen LogP contribution in [-0.2, 0) is 81.3 Å². The zero-order valence-electron chi connectivity index (χ0n) is 62.2. The number of aliphatic hydroxyl groups excluding tert-OH is 1. The second kappa shape index (κ2) is 43.0. The average molecular weight is 1500 g/mol. The molecule has 0 radical (unpaired) electrons. The van der Waals surface area contributed by atoms with Gasteiger partial charge in [-0.2, -0.15) is 0 Å². The van der Waals surface area contributed by atoms with E-state index in [1.165, 1.54) is 26.1 Å². The number of rotatable bonds is 36. The standard InChI is InChI=1S/C82H104N10O15S/c1-56(93)73-78(101)90-69(53-57-24-10-6-11-25-57)79(102)92(5)70(39-40-71(95)83-43-22-45-104-47-49-106-50-48-105-46-23-44-84-72(96)41-51-108-82(60-26-12-7-13-27-60,61-28-14-8-15-29-61)62-30-16-9-17-31-62)77(100)89-67(52-58-35-37-63(94)38-36-58)75(98)88-68(54-59-55-86-65-33-19-18-32-64(59)65)76(99)87-66(74(97)91-73)34-20-21-42-85-80(103)107-81(2,3)4/h6-19,24-33,35-38,55-56,66-70,73,86,93-94H,20-23,34,39-54H2,1-5H3,(H,83,95)(H,84,96)(H,85,103)(H,87,99)(H,88,98)(H,89,100)(H,90,101)(H,91,97)/t56-,66+,67+,68-,69+,70+,73+/m1/s1. The predicted octanol–water partition coefficient (Wildman–Crippen LogP) is 7.20. The first-order valence-electron chi connectivity index (χ1n) is 37.0. The Balaban J connectivity index is 0.866. The number of amides is 9. The highest BCUT2D eigenvalue weighted by Crippen LogP contribution is 2.48. The number of benzene rings is 6. The molecule has 0 saturated carbocycles. The molecule has 0 unspecified atom stereocenters. The highest BCUT2D eigenvalue weighted by atomic mass is 32.2. The third kappa shape index (κ3) is 26.4. The van der Waals surface area contributed by atoms with Gasteiger partial charge in [0.25, 0.3) is 0 Å². The van der Waals surface area contributed by atoms with Crippen molar-refractivity contribution in [1.82, 2.24) is 52.4 Å². The van der Waals surface area contributed by atoms with Gasteiger partial charge in [0.15, 0.2) is 0 Å². The number of ether oxygens (including phenoxy) is 4. The number of nitrogens with one attached hydrogen (secondary N) is 9. The van der Waals surface area contributed by atoms with Crippen LogP contribution < -0.4 is 42.5 Å². The maximum Gasteiger partial charge on any atom is 0.407 e. The lowest BCUT2D eigenvalue weighted by Gasteiger charge is -2.35. The number of carbonyl (C=O) groups is 9. The predicted molar refractivity (Wildman–Crippen MR) is 413 cm³/mol. The van der Waals surface area contributed by atoms with Crippen LogP contribution in [0.4, 0.5) is 4.79 Å². The molecule has 1 aliphatic rings. The Morgan fingerprint density at radius 3 is 1.56 bits per heavy atom. The number of para-hydroxylation sites is 1. The third-order valence-electron chi connectivity index (χ3n) is 18.2. The van der Waals surface area contributed by atoms with E-state index >= 15 is 19.2 Å². The van der Waals surface area contributed by atoms with E-state index in [9.17, 15) is 34.2 Å². The Bertz CT molecular complexity index is 3900. The first kappa shape index (κ1) is 83.5. The van der Waals surface area contributed by atoms with Gasteiger partial charge in [0.1, 0.15) is 47.6 Å². The molecule has 7 atom stereocenters. The van der Waals surface area contributed by atoms with Gasteiger partial charge in [0, 0.05) is 94.9 Å². The molecule has 108 heavy (non-hydrogen) atoms. The molecule has 1 aliphatic heterocycles. The summed E-state index contributed by atoms with van der Waals surface area (Å²) >= 11 is 1.75. The van der Waals surface area contributed by atoms with Crippen molar-refractivity contribution in [2.75, 3.05) is 72.1 Å². The van der Waals surface area contributed by atoms with Crippen LogP contribution in [0.1, 0.15) is 112 Å². The molecule has 9 amide bonds.